The molecule has 0 spiro atoms. The highest BCUT2D eigenvalue weighted by Crippen LogP contribution is 2.35. The summed E-state index contributed by atoms with van der Waals surface area (Å²) in [4.78, 5) is 44.2. The van der Waals surface area contributed by atoms with Gasteiger partial charge in [-0.1, -0.05) is 62.4 Å². The molecule has 4 aromatic rings. The Hall–Kier alpha value is -3.88. The van der Waals surface area contributed by atoms with Crippen LogP contribution in [0.15, 0.2) is 60.9 Å². The molecule has 2 unspecified atom stereocenters. The van der Waals surface area contributed by atoms with Crippen molar-refractivity contribution in [2.75, 3.05) is 13.1 Å². The maximum atomic E-state index is 11.6. The molecule has 4 heterocycles. The van der Waals surface area contributed by atoms with E-state index in [1.807, 2.05) is 12.4 Å². The number of nitrogens with one attached hydrogen (secondary N) is 2. The van der Waals surface area contributed by atoms with Gasteiger partial charge in [0.05, 0.1) is 47.9 Å². The minimum Gasteiger partial charge on any atom is -0.341 e. The normalized spacial score (nSPS) is 21.0. The quantitative estimate of drug-likeness (QED) is 0.206. The molecule has 0 bridgehead atoms. The zero-order valence-electron chi connectivity index (χ0n) is 24.5. The fraction of sp³-hybridized carbons (Fsp3) is 0.412. The number of H-pyrrole nitrogens is 2. The predicted molar refractivity (Wildman–Crippen MR) is 165 cm³/mol. The van der Waals surface area contributed by atoms with Crippen LogP contribution in [0.1, 0.15) is 76.1 Å². The lowest BCUT2D eigenvalue weighted by Crippen LogP contribution is -2.35. The van der Waals surface area contributed by atoms with Gasteiger partial charge < -0.3 is 19.6 Å². The molecule has 2 aliphatic heterocycles. The summed E-state index contributed by atoms with van der Waals surface area (Å²) in [5, 5.41) is 0. The van der Waals surface area contributed by atoms with Gasteiger partial charge in [-0.05, 0) is 73.9 Å². The number of aromatic amines is 2. The molecule has 2 aromatic carbocycles. The molecule has 0 radical (unpaired) electrons. The highest BCUT2D eigenvalue weighted by Gasteiger charge is 2.33. The first-order chi connectivity index (χ1) is 20.6. The van der Waals surface area contributed by atoms with Crippen molar-refractivity contribution in [3.63, 3.8) is 0 Å². The number of nitrogens with zero attached hydrogens (tertiary/aromatic N) is 4. The van der Waals surface area contributed by atoms with E-state index in [4.69, 9.17) is 9.97 Å². The first-order valence-electron chi connectivity index (χ1n) is 15.4. The van der Waals surface area contributed by atoms with E-state index < -0.39 is 0 Å². The van der Waals surface area contributed by atoms with Crippen LogP contribution in [-0.2, 0) is 9.59 Å². The summed E-state index contributed by atoms with van der Waals surface area (Å²) in [6, 6.07) is 17.3. The maximum Gasteiger partial charge on any atom is 0.137 e. The van der Waals surface area contributed by atoms with Gasteiger partial charge >= 0.3 is 0 Å². The van der Waals surface area contributed by atoms with E-state index in [9.17, 15) is 9.59 Å². The Morgan fingerprint density at radius 2 is 1.07 bits per heavy atom. The highest BCUT2D eigenvalue weighted by molar-refractivity contribution is 5.71. The Kier molecular flexibility index (Phi) is 8.44. The number of carbonyl (C=O) groups is 2. The van der Waals surface area contributed by atoms with Crippen molar-refractivity contribution in [2.45, 2.75) is 76.5 Å². The molecule has 0 aliphatic carbocycles. The summed E-state index contributed by atoms with van der Waals surface area (Å²) >= 11 is 0. The Labute approximate surface area is 247 Å². The average molecular weight is 565 g/mol. The Morgan fingerprint density at radius 1 is 0.690 bits per heavy atom. The SMILES string of the molecule is CC[C@@H](C=O)N1CCCC1c1ncc(-c2ccc(-c3ccc(-c4cnc(C5CCCN5[C@H](C=O)CC)[nH]4)cc3)cc2)[nH]1. The van der Waals surface area contributed by atoms with Gasteiger partial charge in [-0.15, -0.1) is 0 Å². The number of imidazole rings is 2. The molecule has 8 nitrogen and oxygen atoms in total. The van der Waals surface area contributed by atoms with E-state index in [0.717, 1.165) is 109 Å². The lowest BCUT2D eigenvalue weighted by atomic mass is 10.0. The molecule has 0 amide bonds. The third kappa shape index (κ3) is 5.49. The molecular formula is C34H40N6O2. The second kappa shape index (κ2) is 12.5. The Balaban J connectivity index is 1.13. The molecule has 2 fully saturated rings. The zero-order chi connectivity index (χ0) is 29.1. The van der Waals surface area contributed by atoms with E-state index in [1.165, 1.54) is 0 Å². The predicted octanol–water partition coefficient (Wildman–Crippen LogP) is 6.36. The average Bonchev–Trinajstić information content (AvgIpc) is 3.85. The summed E-state index contributed by atoms with van der Waals surface area (Å²) in [6.07, 6.45) is 11.8. The fourth-order valence-electron chi connectivity index (χ4n) is 6.77. The monoisotopic (exact) mass is 564 g/mol. The van der Waals surface area contributed by atoms with Crippen molar-refractivity contribution in [2.24, 2.45) is 0 Å². The molecule has 2 N–H and O–H groups in total. The van der Waals surface area contributed by atoms with E-state index >= 15 is 0 Å². The molecule has 8 heteroatoms. The van der Waals surface area contributed by atoms with Gasteiger partial charge in [0, 0.05) is 0 Å². The van der Waals surface area contributed by atoms with Gasteiger partial charge in [0.25, 0.3) is 0 Å². The van der Waals surface area contributed by atoms with E-state index in [0.29, 0.717) is 0 Å². The number of hydrogen-bond donors (Lipinski definition) is 2. The van der Waals surface area contributed by atoms with Crippen molar-refractivity contribution in [1.29, 1.82) is 0 Å². The molecule has 4 atom stereocenters. The van der Waals surface area contributed by atoms with Crippen LogP contribution < -0.4 is 0 Å². The summed E-state index contributed by atoms with van der Waals surface area (Å²) in [5.41, 5.74) is 6.46. The van der Waals surface area contributed by atoms with Gasteiger partial charge in [0.1, 0.15) is 24.2 Å². The Morgan fingerprint density at radius 3 is 1.43 bits per heavy atom. The molecule has 6 rings (SSSR count). The number of carbonyl (C=O) groups excluding carboxylic acids is 2. The summed E-state index contributed by atoms with van der Waals surface area (Å²) in [6.45, 7) is 6.00. The van der Waals surface area contributed by atoms with Crippen molar-refractivity contribution < 1.29 is 9.59 Å². The second-order valence-corrected chi connectivity index (χ2v) is 11.5. The molecule has 42 heavy (non-hydrogen) atoms. The van der Waals surface area contributed by atoms with Gasteiger partial charge in [-0.2, -0.15) is 0 Å². The van der Waals surface area contributed by atoms with Crippen LogP contribution in [0.5, 0.6) is 0 Å². The topological polar surface area (TPSA) is 98.0 Å². The van der Waals surface area contributed by atoms with Gasteiger partial charge in [0.2, 0.25) is 0 Å². The number of aromatic nitrogens is 4. The summed E-state index contributed by atoms with van der Waals surface area (Å²) < 4.78 is 0. The van der Waals surface area contributed by atoms with E-state index in [-0.39, 0.29) is 24.2 Å². The lowest BCUT2D eigenvalue weighted by Gasteiger charge is -2.27. The van der Waals surface area contributed by atoms with Crippen LogP contribution in [0.25, 0.3) is 33.6 Å². The lowest BCUT2D eigenvalue weighted by molar-refractivity contribution is -0.113. The molecular weight excluding hydrogens is 524 g/mol. The summed E-state index contributed by atoms with van der Waals surface area (Å²) in [5.74, 6) is 1.89. The number of aldehydes is 2. The smallest absolute Gasteiger partial charge is 0.137 e. The van der Waals surface area contributed by atoms with E-state index in [1.54, 1.807) is 0 Å². The summed E-state index contributed by atoms with van der Waals surface area (Å²) in [7, 11) is 0. The number of likely N-dealkylation sites (tertiary alicyclic amines) is 2. The van der Waals surface area contributed by atoms with Crippen molar-refractivity contribution in [3.05, 3.63) is 72.6 Å². The van der Waals surface area contributed by atoms with Crippen LogP contribution >= 0.6 is 0 Å². The van der Waals surface area contributed by atoms with Crippen molar-refractivity contribution in [3.8, 4) is 33.6 Å². The standard InChI is InChI=1S/C34H40N6O2/c1-3-27(21-41)39-17-5-7-31(39)33-35-19-29(37-33)25-13-9-23(10-14-25)24-11-15-26(16-12-24)30-20-36-34(38-30)32-8-6-18-40(32)28(4-2)22-42/h9-16,19-22,27-28,31-32H,3-8,17-18H2,1-2H3,(H,35,37)(H,36,38)/t27-,28-,31?,32?/m0/s1. The molecule has 0 saturated carbocycles. The number of benzene rings is 2. The zero-order valence-corrected chi connectivity index (χ0v) is 24.5. The first kappa shape index (κ1) is 28.2. The largest absolute Gasteiger partial charge is 0.341 e. The molecule has 2 saturated heterocycles. The van der Waals surface area contributed by atoms with Crippen LogP contribution in [-0.4, -0.2) is 67.5 Å². The van der Waals surface area contributed by atoms with Crippen molar-refractivity contribution >= 4 is 12.6 Å². The van der Waals surface area contributed by atoms with Crippen molar-refractivity contribution in [1.82, 2.24) is 29.7 Å². The second-order valence-electron chi connectivity index (χ2n) is 11.5. The molecule has 2 aliphatic rings. The third-order valence-corrected chi connectivity index (χ3v) is 9.14. The number of rotatable bonds is 11. The highest BCUT2D eigenvalue weighted by atomic mass is 16.1. The molecule has 218 valence electrons. The van der Waals surface area contributed by atoms with Gasteiger partial charge in [-0.25, -0.2) is 9.97 Å². The number of hydrogen-bond acceptors (Lipinski definition) is 6. The van der Waals surface area contributed by atoms with Gasteiger partial charge in [-0.3, -0.25) is 9.80 Å². The minimum atomic E-state index is -0.0494. The third-order valence-electron chi connectivity index (χ3n) is 9.14. The van der Waals surface area contributed by atoms with E-state index in [2.05, 4.69) is 82.1 Å². The first-order valence-corrected chi connectivity index (χ1v) is 15.4. The Bertz CT molecular complexity index is 1380. The van der Waals surface area contributed by atoms with Crippen LogP contribution in [0.4, 0.5) is 0 Å². The fourth-order valence-corrected chi connectivity index (χ4v) is 6.77. The van der Waals surface area contributed by atoms with Crippen LogP contribution in [0, 0.1) is 0 Å². The maximum absolute atomic E-state index is 11.6. The van der Waals surface area contributed by atoms with Gasteiger partial charge in [0.15, 0.2) is 0 Å². The minimum absolute atomic E-state index is 0.0494. The molecule has 2 aromatic heterocycles. The van der Waals surface area contributed by atoms with Crippen LogP contribution in [0.2, 0.25) is 0 Å². The van der Waals surface area contributed by atoms with Crippen LogP contribution in [0.3, 0.4) is 0 Å².